The molecule has 0 bridgehead atoms. The lowest BCUT2D eigenvalue weighted by Gasteiger charge is -2.31. The Morgan fingerprint density at radius 3 is 2.93 bits per heavy atom. The zero-order valence-electron chi connectivity index (χ0n) is 16.2. The minimum Gasteiger partial charge on any atom is -0.360 e. The van der Waals surface area contributed by atoms with Crippen molar-refractivity contribution in [2.45, 2.75) is 52.1 Å². The first-order valence-electron chi connectivity index (χ1n) is 9.91. The van der Waals surface area contributed by atoms with Crippen molar-refractivity contribution in [1.29, 1.82) is 0 Å². The molecule has 0 aliphatic carbocycles. The van der Waals surface area contributed by atoms with Crippen LogP contribution in [0.2, 0.25) is 0 Å². The number of rotatable bonds is 8. The highest BCUT2D eigenvalue weighted by atomic mass is 19.2. The smallest absolute Gasteiger partial charge is 0.220 e. The molecule has 1 unspecified atom stereocenters. The largest absolute Gasteiger partial charge is 0.360 e. The van der Waals surface area contributed by atoms with Gasteiger partial charge in [-0.2, -0.15) is 0 Å². The van der Waals surface area contributed by atoms with Crippen LogP contribution in [-0.2, 0) is 24.3 Å². The average Bonchev–Trinajstić information content (AvgIpc) is 3.15. The van der Waals surface area contributed by atoms with Crippen LogP contribution in [0.3, 0.4) is 0 Å². The number of benzene rings is 1. The molecule has 1 aliphatic heterocycles. The highest BCUT2D eigenvalue weighted by molar-refractivity contribution is 5.75. The number of halogens is 2. The number of amides is 1. The normalized spacial score (nSPS) is 17.6. The van der Waals surface area contributed by atoms with Crippen molar-refractivity contribution in [1.82, 2.24) is 15.4 Å². The molecule has 0 saturated carbocycles. The van der Waals surface area contributed by atoms with Crippen LogP contribution in [0.4, 0.5) is 8.78 Å². The fourth-order valence-electron chi connectivity index (χ4n) is 3.62. The fraction of sp³-hybridized carbons (Fsp3) is 0.524. The maximum atomic E-state index is 13.2. The summed E-state index contributed by atoms with van der Waals surface area (Å²) in [6.07, 6.45) is 4.34. The second-order valence-electron chi connectivity index (χ2n) is 7.45. The molecule has 2 heterocycles. The van der Waals surface area contributed by atoms with Crippen molar-refractivity contribution in [2.24, 2.45) is 5.92 Å². The lowest BCUT2D eigenvalue weighted by Crippen LogP contribution is -2.35. The summed E-state index contributed by atoms with van der Waals surface area (Å²) in [6.45, 7) is 4.99. The zero-order chi connectivity index (χ0) is 19.9. The number of nitrogens with one attached hydrogen (secondary N) is 1. The number of carbonyl (C=O) groups excluding carboxylic acids is 1. The van der Waals surface area contributed by atoms with Crippen LogP contribution in [0.25, 0.3) is 0 Å². The molecule has 1 saturated heterocycles. The van der Waals surface area contributed by atoms with Crippen LogP contribution in [0.5, 0.6) is 0 Å². The molecule has 3 rings (SSSR count). The summed E-state index contributed by atoms with van der Waals surface area (Å²) in [5.74, 6) is -0.483. The van der Waals surface area contributed by atoms with E-state index in [9.17, 15) is 13.6 Å². The van der Waals surface area contributed by atoms with Crippen molar-refractivity contribution < 1.29 is 18.1 Å². The first-order valence-corrected chi connectivity index (χ1v) is 9.91. The highest BCUT2D eigenvalue weighted by Crippen LogP contribution is 2.22. The first-order chi connectivity index (χ1) is 13.5. The molecule has 0 radical (unpaired) electrons. The standard InChI is InChI=1S/C21H27F2N3O2/c1-2-17-11-18(28-25-17)14-26-9-3-4-15(13-26)6-8-21(27)24-12-16-5-7-19(22)20(23)10-16/h5,7,10-11,15H,2-4,6,8-9,12-14H2,1H3,(H,24,27). The van der Waals surface area contributed by atoms with E-state index in [4.69, 9.17) is 4.52 Å². The van der Waals surface area contributed by atoms with Gasteiger partial charge in [-0.1, -0.05) is 18.1 Å². The second-order valence-corrected chi connectivity index (χ2v) is 7.45. The summed E-state index contributed by atoms with van der Waals surface area (Å²) < 4.78 is 31.5. The van der Waals surface area contributed by atoms with Crippen LogP contribution in [0.15, 0.2) is 28.8 Å². The van der Waals surface area contributed by atoms with Gasteiger partial charge in [-0.05, 0) is 55.8 Å². The van der Waals surface area contributed by atoms with Crippen molar-refractivity contribution in [3.05, 3.63) is 52.9 Å². The Bertz CT molecular complexity index is 794. The summed E-state index contributed by atoms with van der Waals surface area (Å²) >= 11 is 0. The van der Waals surface area contributed by atoms with Gasteiger partial charge in [-0.3, -0.25) is 9.69 Å². The molecule has 1 aromatic carbocycles. The maximum absolute atomic E-state index is 13.2. The van der Waals surface area contributed by atoms with Gasteiger partial charge in [0, 0.05) is 25.6 Å². The van der Waals surface area contributed by atoms with E-state index in [0.29, 0.717) is 17.9 Å². The van der Waals surface area contributed by atoms with Gasteiger partial charge in [-0.25, -0.2) is 8.78 Å². The Morgan fingerprint density at radius 2 is 2.18 bits per heavy atom. The van der Waals surface area contributed by atoms with Crippen LogP contribution < -0.4 is 5.32 Å². The number of piperidine rings is 1. The first kappa shape index (κ1) is 20.5. The van der Waals surface area contributed by atoms with E-state index in [1.54, 1.807) is 0 Å². The van der Waals surface area contributed by atoms with Crippen molar-refractivity contribution in [2.75, 3.05) is 13.1 Å². The van der Waals surface area contributed by atoms with Crippen LogP contribution >= 0.6 is 0 Å². The van der Waals surface area contributed by atoms with Crippen LogP contribution in [0, 0.1) is 17.6 Å². The van der Waals surface area contributed by atoms with Gasteiger partial charge in [0.2, 0.25) is 5.91 Å². The molecule has 1 N–H and O–H groups in total. The number of likely N-dealkylation sites (tertiary alicyclic amines) is 1. The predicted molar refractivity (Wildman–Crippen MR) is 101 cm³/mol. The molecule has 1 amide bonds. The summed E-state index contributed by atoms with van der Waals surface area (Å²) in [7, 11) is 0. The van der Waals surface area contributed by atoms with Crippen molar-refractivity contribution >= 4 is 5.91 Å². The van der Waals surface area contributed by atoms with Gasteiger partial charge in [0.1, 0.15) is 0 Å². The van der Waals surface area contributed by atoms with E-state index in [-0.39, 0.29) is 12.5 Å². The molecular weight excluding hydrogens is 364 g/mol. The Kier molecular flexibility index (Phi) is 7.14. The lowest BCUT2D eigenvalue weighted by atomic mass is 9.93. The minimum absolute atomic E-state index is 0.0651. The number of carbonyl (C=O) groups is 1. The Morgan fingerprint density at radius 1 is 1.32 bits per heavy atom. The van der Waals surface area contributed by atoms with E-state index in [1.807, 2.05) is 6.07 Å². The minimum atomic E-state index is -0.896. The predicted octanol–water partition coefficient (Wildman–Crippen LogP) is 3.82. The molecule has 0 spiro atoms. The van der Waals surface area contributed by atoms with E-state index in [1.165, 1.54) is 6.07 Å². The van der Waals surface area contributed by atoms with E-state index >= 15 is 0 Å². The Hall–Kier alpha value is -2.28. The number of aryl methyl sites for hydroxylation is 1. The van der Waals surface area contributed by atoms with Crippen molar-refractivity contribution in [3.63, 3.8) is 0 Å². The third-order valence-electron chi connectivity index (χ3n) is 5.21. The number of hydrogen-bond donors (Lipinski definition) is 1. The Labute approximate surface area is 164 Å². The summed E-state index contributed by atoms with van der Waals surface area (Å²) in [5.41, 5.74) is 1.52. The third-order valence-corrected chi connectivity index (χ3v) is 5.21. The molecule has 1 fully saturated rings. The van der Waals surface area contributed by atoms with Gasteiger partial charge >= 0.3 is 0 Å². The molecule has 28 heavy (non-hydrogen) atoms. The van der Waals surface area contributed by atoms with Crippen LogP contribution in [-0.4, -0.2) is 29.1 Å². The molecule has 1 aromatic heterocycles. The van der Waals surface area contributed by atoms with E-state index < -0.39 is 11.6 Å². The van der Waals surface area contributed by atoms with Crippen LogP contribution in [0.1, 0.15) is 49.6 Å². The fourth-order valence-corrected chi connectivity index (χ4v) is 3.62. The maximum Gasteiger partial charge on any atom is 0.220 e. The molecule has 1 atom stereocenters. The molecular formula is C21H27F2N3O2. The summed E-state index contributed by atoms with van der Waals surface area (Å²) in [5, 5.41) is 6.82. The topological polar surface area (TPSA) is 58.4 Å². The van der Waals surface area contributed by atoms with Gasteiger partial charge < -0.3 is 9.84 Å². The van der Waals surface area contributed by atoms with E-state index in [0.717, 1.165) is 68.9 Å². The number of aromatic nitrogens is 1. The number of hydrogen-bond acceptors (Lipinski definition) is 4. The van der Waals surface area contributed by atoms with Gasteiger partial charge in [0.05, 0.1) is 12.2 Å². The summed E-state index contributed by atoms with van der Waals surface area (Å²) in [6, 6.07) is 5.67. The summed E-state index contributed by atoms with van der Waals surface area (Å²) in [4.78, 5) is 14.5. The van der Waals surface area contributed by atoms with Gasteiger partial charge in [-0.15, -0.1) is 0 Å². The number of nitrogens with zero attached hydrogens (tertiary/aromatic N) is 2. The monoisotopic (exact) mass is 391 g/mol. The second kappa shape index (κ2) is 9.78. The van der Waals surface area contributed by atoms with Gasteiger partial charge in [0.25, 0.3) is 0 Å². The third kappa shape index (κ3) is 5.86. The quantitative estimate of drug-likeness (QED) is 0.743. The molecule has 152 valence electrons. The van der Waals surface area contributed by atoms with Gasteiger partial charge in [0.15, 0.2) is 17.4 Å². The molecule has 1 aliphatic rings. The highest BCUT2D eigenvalue weighted by Gasteiger charge is 2.21. The SMILES string of the molecule is CCc1cc(CN2CCCC(CCC(=O)NCc3ccc(F)c(F)c3)C2)on1. The zero-order valence-corrected chi connectivity index (χ0v) is 16.2. The Balaban J connectivity index is 1.39. The molecule has 2 aromatic rings. The molecule has 5 nitrogen and oxygen atoms in total. The van der Waals surface area contributed by atoms with Crippen molar-refractivity contribution in [3.8, 4) is 0 Å². The lowest BCUT2D eigenvalue weighted by molar-refractivity contribution is -0.121. The molecule has 7 heteroatoms. The van der Waals surface area contributed by atoms with E-state index in [2.05, 4.69) is 22.3 Å². The average molecular weight is 391 g/mol.